The Balaban J connectivity index is 3.12. The third-order valence-electron chi connectivity index (χ3n) is 1.67. The van der Waals surface area contributed by atoms with E-state index in [1.807, 2.05) is 0 Å². The summed E-state index contributed by atoms with van der Waals surface area (Å²) in [5.74, 6) is -1.43. The van der Waals surface area contributed by atoms with E-state index in [2.05, 4.69) is 9.72 Å². The molecule has 0 amide bonds. The fraction of sp³-hybridized carbons (Fsp3) is 0.333. The van der Waals surface area contributed by atoms with Gasteiger partial charge in [0.1, 0.15) is 0 Å². The zero-order valence-electron chi connectivity index (χ0n) is 8.17. The number of pyridine rings is 1. The van der Waals surface area contributed by atoms with Gasteiger partial charge in [0.2, 0.25) is 0 Å². The lowest BCUT2D eigenvalue weighted by atomic mass is 10.2. The van der Waals surface area contributed by atoms with Gasteiger partial charge in [0.05, 0.1) is 23.9 Å². The largest absolute Gasteiger partial charge is 0.573 e. The van der Waals surface area contributed by atoms with E-state index >= 15 is 0 Å². The van der Waals surface area contributed by atoms with Crippen molar-refractivity contribution in [1.29, 1.82) is 5.26 Å². The molecule has 0 spiro atoms. The van der Waals surface area contributed by atoms with Gasteiger partial charge in [0.25, 0.3) is 0 Å². The Morgan fingerprint density at radius 1 is 1.56 bits per heavy atom. The molecule has 7 heteroatoms. The van der Waals surface area contributed by atoms with Crippen molar-refractivity contribution < 1.29 is 23.0 Å². The highest BCUT2D eigenvalue weighted by molar-refractivity contribution is 5.43. The van der Waals surface area contributed by atoms with E-state index in [1.54, 1.807) is 6.07 Å². The molecule has 0 aliphatic heterocycles. The Bertz CT molecular complexity index is 438. The number of halogens is 3. The summed E-state index contributed by atoms with van der Waals surface area (Å²) in [6.07, 6.45) is -5.05. The summed E-state index contributed by atoms with van der Waals surface area (Å²) < 4.78 is 39.5. The molecule has 1 heterocycles. The molecule has 86 valence electrons. The average molecular weight is 232 g/mol. The lowest BCUT2D eigenvalue weighted by Gasteiger charge is -2.12. The number of alkyl halides is 3. The van der Waals surface area contributed by atoms with Crippen LogP contribution in [0.1, 0.15) is 11.4 Å². The summed E-state index contributed by atoms with van der Waals surface area (Å²) in [6, 6.07) is 2.63. The molecule has 4 nitrogen and oxygen atoms in total. The van der Waals surface area contributed by atoms with Gasteiger partial charge in [-0.2, -0.15) is 5.26 Å². The minimum Gasteiger partial charge on any atom is -0.503 e. The van der Waals surface area contributed by atoms with Gasteiger partial charge in [-0.25, -0.2) is 0 Å². The van der Waals surface area contributed by atoms with Gasteiger partial charge in [-0.1, -0.05) is 0 Å². The minimum absolute atomic E-state index is 0.0213. The number of nitrogens with zero attached hydrogens (tertiary/aromatic N) is 2. The van der Waals surface area contributed by atoms with Gasteiger partial charge in [-0.3, -0.25) is 4.98 Å². The lowest BCUT2D eigenvalue weighted by Crippen LogP contribution is -2.17. The Hall–Kier alpha value is -1.97. The molecule has 1 rings (SSSR count). The first-order valence-corrected chi connectivity index (χ1v) is 4.15. The zero-order chi connectivity index (χ0) is 12.3. The maximum absolute atomic E-state index is 12.0. The highest BCUT2D eigenvalue weighted by atomic mass is 19.4. The molecule has 0 fully saturated rings. The van der Waals surface area contributed by atoms with E-state index in [9.17, 15) is 18.3 Å². The Labute approximate surface area is 88.9 Å². The molecule has 0 aliphatic rings. The first kappa shape index (κ1) is 12.1. The molecule has 16 heavy (non-hydrogen) atoms. The fourth-order valence-corrected chi connectivity index (χ4v) is 1.07. The van der Waals surface area contributed by atoms with Gasteiger partial charge in [-0.05, 0) is 6.92 Å². The van der Waals surface area contributed by atoms with Crippen molar-refractivity contribution in [3.05, 3.63) is 17.5 Å². The predicted molar refractivity (Wildman–Crippen MR) is 46.6 cm³/mol. The normalized spacial score (nSPS) is 10.9. The van der Waals surface area contributed by atoms with Crippen LogP contribution in [0.15, 0.2) is 6.07 Å². The summed E-state index contributed by atoms with van der Waals surface area (Å²) in [5.41, 5.74) is 0.0871. The summed E-state index contributed by atoms with van der Waals surface area (Å²) in [7, 11) is 0. The topological polar surface area (TPSA) is 66.1 Å². The second-order valence-corrected chi connectivity index (χ2v) is 2.93. The molecule has 1 aromatic heterocycles. The molecule has 0 atom stereocenters. The highest BCUT2D eigenvalue weighted by Crippen LogP contribution is 2.33. The van der Waals surface area contributed by atoms with Crippen LogP contribution in [-0.2, 0) is 6.42 Å². The standard InChI is InChI=1S/C9H7F3N2O2/c1-5-8(15)7(16-9(10,11)12)4-6(14-5)2-3-13/h4,15H,2H2,1H3. The van der Waals surface area contributed by atoms with Crippen molar-refractivity contribution in [1.82, 2.24) is 4.98 Å². The van der Waals surface area contributed by atoms with Gasteiger partial charge < -0.3 is 9.84 Å². The van der Waals surface area contributed by atoms with E-state index in [0.29, 0.717) is 0 Å². The second-order valence-electron chi connectivity index (χ2n) is 2.93. The third-order valence-corrected chi connectivity index (χ3v) is 1.67. The summed E-state index contributed by atoms with van der Waals surface area (Å²) in [6.45, 7) is 1.32. The monoisotopic (exact) mass is 232 g/mol. The third kappa shape index (κ3) is 3.02. The van der Waals surface area contributed by atoms with Crippen molar-refractivity contribution in [3.8, 4) is 17.6 Å². The zero-order valence-corrected chi connectivity index (χ0v) is 8.17. The number of nitriles is 1. The molecular weight excluding hydrogens is 225 g/mol. The van der Waals surface area contributed by atoms with Gasteiger partial charge in [0.15, 0.2) is 11.5 Å². The molecule has 0 bridgehead atoms. The van der Waals surface area contributed by atoms with E-state index in [1.165, 1.54) is 6.92 Å². The van der Waals surface area contributed by atoms with Gasteiger partial charge in [0, 0.05) is 6.07 Å². The number of aryl methyl sites for hydroxylation is 1. The first-order valence-electron chi connectivity index (χ1n) is 4.15. The van der Waals surface area contributed by atoms with E-state index < -0.39 is 17.9 Å². The number of aromatic hydroxyl groups is 1. The molecule has 0 aromatic carbocycles. The van der Waals surface area contributed by atoms with Gasteiger partial charge >= 0.3 is 6.36 Å². The van der Waals surface area contributed by atoms with Crippen LogP contribution in [0.2, 0.25) is 0 Å². The number of rotatable bonds is 2. The maximum atomic E-state index is 12.0. The van der Waals surface area contributed by atoms with Crippen molar-refractivity contribution >= 4 is 0 Å². The van der Waals surface area contributed by atoms with E-state index in [4.69, 9.17) is 5.26 Å². The Kier molecular flexibility index (Phi) is 3.22. The second kappa shape index (κ2) is 4.26. The molecule has 0 unspecified atom stereocenters. The number of hydrogen-bond donors (Lipinski definition) is 1. The quantitative estimate of drug-likeness (QED) is 0.847. The van der Waals surface area contributed by atoms with Crippen LogP contribution in [0.5, 0.6) is 11.5 Å². The molecule has 1 aromatic rings. The van der Waals surface area contributed by atoms with Crippen LogP contribution in [0.3, 0.4) is 0 Å². The summed E-state index contributed by atoms with van der Waals surface area (Å²) >= 11 is 0. The van der Waals surface area contributed by atoms with E-state index in [-0.39, 0.29) is 17.8 Å². The Morgan fingerprint density at radius 3 is 2.69 bits per heavy atom. The predicted octanol–water partition coefficient (Wildman–Crippen LogP) is 2.06. The SMILES string of the molecule is Cc1nc(CC#N)cc(OC(F)(F)F)c1O. The molecule has 0 radical (unpaired) electrons. The lowest BCUT2D eigenvalue weighted by molar-refractivity contribution is -0.275. The summed E-state index contributed by atoms with van der Waals surface area (Å²) in [5, 5.41) is 17.7. The van der Waals surface area contributed by atoms with E-state index in [0.717, 1.165) is 6.07 Å². The van der Waals surface area contributed by atoms with Gasteiger partial charge in [-0.15, -0.1) is 13.2 Å². The number of hydrogen-bond acceptors (Lipinski definition) is 4. The Morgan fingerprint density at radius 2 is 2.19 bits per heavy atom. The maximum Gasteiger partial charge on any atom is 0.573 e. The molecular formula is C9H7F3N2O2. The first-order chi connectivity index (χ1) is 7.33. The molecule has 0 saturated heterocycles. The van der Waals surface area contributed by atoms with Crippen molar-refractivity contribution in [2.24, 2.45) is 0 Å². The van der Waals surface area contributed by atoms with Crippen LogP contribution < -0.4 is 4.74 Å². The fourth-order valence-electron chi connectivity index (χ4n) is 1.07. The highest BCUT2D eigenvalue weighted by Gasteiger charge is 2.32. The summed E-state index contributed by atoms with van der Waals surface area (Å²) in [4.78, 5) is 3.73. The number of aromatic nitrogens is 1. The smallest absolute Gasteiger partial charge is 0.503 e. The van der Waals surface area contributed by atoms with Crippen LogP contribution in [0.4, 0.5) is 13.2 Å². The van der Waals surface area contributed by atoms with Crippen LogP contribution >= 0.6 is 0 Å². The van der Waals surface area contributed by atoms with Crippen molar-refractivity contribution in [2.45, 2.75) is 19.7 Å². The number of ether oxygens (including phenoxy) is 1. The van der Waals surface area contributed by atoms with Crippen LogP contribution in [-0.4, -0.2) is 16.5 Å². The van der Waals surface area contributed by atoms with Crippen molar-refractivity contribution in [2.75, 3.05) is 0 Å². The van der Waals surface area contributed by atoms with Crippen LogP contribution in [0.25, 0.3) is 0 Å². The minimum atomic E-state index is -4.89. The van der Waals surface area contributed by atoms with Crippen molar-refractivity contribution in [3.63, 3.8) is 0 Å². The molecule has 1 N–H and O–H groups in total. The molecule has 0 aliphatic carbocycles. The average Bonchev–Trinajstić information content (AvgIpc) is 2.11. The molecule has 0 saturated carbocycles. The van der Waals surface area contributed by atoms with Crippen LogP contribution in [0, 0.1) is 18.3 Å².